The zero-order valence-electron chi connectivity index (χ0n) is 10.9. The number of aliphatic carboxylic acids is 1. The van der Waals surface area contributed by atoms with Gasteiger partial charge in [0.1, 0.15) is 6.04 Å². The SMILES string of the molecule is CC(=O)N[C@@H](CSc1ccc2ccccc2n1)C(=O)O. The number of thioether (sulfide) groups is 1. The number of pyridine rings is 1. The normalized spacial score (nSPS) is 12.1. The fourth-order valence-electron chi connectivity index (χ4n) is 1.72. The maximum Gasteiger partial charge on any atom is 0.327 e. The third kappa shape index (κ3) is 3.71. The van der Waals surface area contributed by atoms with Crippen LogP contribution in [0.2, 0.25) is 0 Å². The molecule has 0 aliphatic carbocycles. The number of fused-ring (bicyclic) bond motifs is 1. The number of carbonyl (C=O) groups excluding carboxylic acids is 1. The lowest BCUT2D eigenvalue weighted by Crippen LogP contribution is -2.41. The van der Waals surface area contributed by atoms with Crippen molar-refractivity contribution in [2.45, 2.75) is 18.0 Å². The van der Waals surface area contributed by atoms with Crippen LogP contribution in [0.5, 0.6) is 0 Å². The van der Waals surface area contributed by atoms with Crippen molar-refractivity contribution in [2.24, 2.45) is 0 Å². The number of carboxylic acids is 1. The highest BCUT2D eigenvalue weighted by atomic mass is 32.2. The molecule has 0 fully saturated rings. The molecule has 6 heteroatoms. The second-order valence-corrected chi connectivity index (χ2v) is 5.28. The van der Waals surface area contributed by atoms with Gasteiger partial charge in [0.05, 0.1) is 10.5 Å². The van der Waals surface area contributed by atoms with Crippen LogP contribution in [0, 0.1) is 0 Å². The summed E-state index contributed by atoms with van der Waals surface area (Å²) in [6, 6.07) is 10.6. The molecule has 0 saturated heterocycles. The summed E-state index contributed by atoms with van der Waals surface area (Å²) in [7, 11) is 0. The summed E-state index contributed by atoms with van der Waals surface area (Å²) in [6.45, 7) is 1.30. The van der Waals surface area contributed by atoms with Crippen molar-refractivity contribution in [1.29, 1.82) is 0 Å². The van der Waals surface area contributed by atoms with Crippen molar-refractivity contribution in [3.05, 3.63) is 36.4 Å². The molecule has 0 unspecified atom stereocenters. The third-order valence-corrected chi connectivity index (χ3v) is 3.67. The summed E-state index contributed by atoms with van der Waals surface area (Å²) in [5.41, 5.74) is 0.865. The van der Waals surface area contributed by atoms with Crippen LogP contribution in [0.3, 0.4) is 0 Å². The predicted molar refractivity (Wildman–Crippen MR) is 77.7 cm³/mol. The Morgan fingerprint density at radius 3 is 2.75 bits per heavy atom. The minimum Gasteiger partial charge on any atom is -0.480 e. The summed E-state index contributed by atoms with van der Waals surface area (Å²) in [5.74, 6) is -1.17. The van der Waals surface area contributed by atoms with Crippen LogP contribution >= 0.6 is 11.8 Å². The molecule has 5 nitrogen and oxygen atoms in total. The molecule has 1 heterocycles. The molecular formula is C14H14N2O3S. The summed E-state index contributed by atoms with van der Waals surface area (Å²) in [4.78, 5) is 26.4. The second-order valence-electron chi connectivity index (χ2n) is 4.24. The van der Waals surface area contributed by atoms with Gasteiger partial charge in [0.25, 0.3) is 0 Å². The molecule has 2 N–H and O–H groups in total. The lowest BCUT2D eigenvalue weighted by Gasteiger charge is -2.12. The zero-order valence-corrected chi connectivity index (χ0v) is 11.7. The van der Waals surface area contributed by atoms with Crippen molar-refractivity contribution in [3.63, 3.8) is 0 Å². The highest BCUT2D eigenvalue weighted by Gasteiger charge is 2.18. The Bertz CT molecular complexity index is 645. The van der Waals surface area contributed by atoms with Crippen molar-refractivity contribution < 1.29 is 14.7 Å². The molecule has 2 rings (SSSR count). The summed E-state index contributed by atoms with van der Waals surface area (Å²) >= 11 is 1.31. The van der Waals surface area contributed by atoms with E-state index in [0.717, 1.165) is 15.9 Å². The van der Waals surface area contributed by atoms with Crippen molar-refractivity contribution >= 4 is 34.5 Å². The molecule has 0 aliphatic heterocycles. The molecule has 1 aromatic carbocycles. The van der Waals surface area contributed by atoms with Gasteiger partial charge in [-0.15, -0.1) is 11.8 Å². The maximum atomic E-state index is 11.0. The van der Waals surface area contributed by atoms with Crippen LogP contribution < -0.4 is 5.32 Å². The second kappa shape index (κ2) is 6.38. The van der Waals surface area contributed by atoms with E-state index in [-0.39, 0.29) is 11.7 Å². The molecule has 0 saturated carbocycles. The van der Waals surface area contributed by atoms with E-state index in [1.165, 1.54) is 18.7 Å². The van der Waals surface area contributed by atoms with Gasteiger partial charge in [-0.05, 0) is 12.1 Å². The van der Waals surface area contributed by atoms with Gasteiger partial charge < -0.3 is 10.4 Å². The number of aromatic nitrogens is 1. The highest BCUT2D eigenvalue weighted by Crippen LogP contribution is 2.20. The highest BCUT2D eigenvalue weighted by molar-refractivity contribution is 7.99. The quantitative estimate of drug-likeness (QED) is 0.822. The number of benzene rings is 1. The summed E-state index contributed by atoms with van der Waals surface area (Å²) in [6.07, 6.45) is 0. The standard InChI is InChI=1S/C14H14N2O3S/c1-9(17)15-12(14(18)19)8-20-13-7-6-10-4-2-3-5-11(10)16-13/h2-7,12H,8H2,1H3,(H,15,17)(H,18,19)/t12-/m0/s1. The first-order valence-corrected chi connectivity index (χ1v) is 7.03. The van der Waals surface area contributed by atoms with Gasteiger partial charge >= 0.3 is 5.97 Å². The first-order valence-electron chi connectivity index (χ1n) is 6.05. The number of carbonyl (C=O) groups is 2. The van der Waals surface area contributed by atoms with Gasteiger partial charge in [0.2, 0.25) is 5.91 Å². The van der Waals surface area contributed by atoms with Crippen molar-refractivity contribution in [3.8, 4) is 0 Å². The Kier molecular flexibility index (Phi) is 4.57. The Labute approximate surface area is 120 Å². The molecule has 2 aromatic rings. The minimum atomic E-state index is -1.05. The van der Waals surface area contributed by atoms with Gasteiger partial charge in [0, 0.05) is 18.1 Å². The Hall–Kier alpha value is -2.08. The first kappa shape index (κ1) is 14.3. The van der Waals surface area contributed by atoms with Gasteiger partial charge in [0.15, 0.2) is 0 Å². The number of hydrogen-bond donors (Lipinski definition) is 2. The largest absolute Gasteiger partial charge is 0.480 e. The van der Waals surface area contributed by atoms with E-state index in [9.17, 15) is 9.59 Å². The number of para-hydroxylation sites is 1. The molecular weight excluding hydrogens is 276 g/mol. The molecule has 0 radical (unpaired) electrons. The fraction of sp³-hybridized carbons (Fsp3) is 0.214. The molecule has 0 aliphatic rings. The smallest absolute Gasteiger partial charge is 0.327 e. The molecule has 1 atom stereocenters. The number of amides is 1. The van der Waals surface area contributed by atoms with Crippen LogP contribution in [0.25, 0.3) is 10.9 Å². The van der Waals surface area contributed by atoms with E-state index in [4.69, 9.17) is 5.11 Å². The monoisotopic (exact) mass is 290 g/mol. The van der Waals surface area contributed by atoms with Crippen molar-refractivity contribution in [2.75, 3.05) is 5.75 Å². The van der Waals surface area contributed by atoms with Gasteiger partial charge in [-0.2, -0.15) is 0 Å². The summed E-state index contributed by atoms with van der Waals surface area (Å²) in [5, 5.41) is 13.2. The van der Waals surface area contributed by atoms with Crippen LogP contribution in [0.15, 0.2) is 41.4 Å². The van der Waals surface area contributed by atoms with E-state index >= 15 is 0 Å². The fourth-order valence-corrected chi connectivity index (χ4v) is 2.61. The Morgan fingerprint density at radius 2 is 2.05 bits per heavy atom. The van der Waals surface area contributed by atoms with Crippen LogP contribution in [-0.4, -0.2) is 33.8 Å². The average molecular weight is 290 g/mol. The number of rotatable bonds is 5. The number of nitrogens with one attached hydrogen (secondary N) is 1. The third-order valence-electron chi connectivity index (χ3n) is 2.65. The number of hydrogen-bond acceptors (Lipinski definition) is 4. The van der Waals surface area contributed by atoms with E-state index in [0.29, 0.717) is 0 Å². The molecule has 0 spiro atoms. The topological polar surface area (TPSA) is 79.3 Å². The van der Waals surface area contributed by atoms with E-state index in [1.54, 1.807) is 0 Å². The number of nitrogens with zero attached hydrogens (tertiary/aromatic N) is 1. The average Bonchev–Trinajstić information content (AvgIpc) is 2.42. The lowest BCUT2D eigenvalue weighted by molar-refractivity contribution is -0.140. The Balaban J connectivity index is 2.07. The van der Waals surface area contributed by atoms with E-state index < -0.39 is 12.0 Å². The summed E-state index contributed by atoms with van der Waals surface area (Å²) < 4.78 is 0. The lowest BCUT2D eigenvalue weighted by atomic mass is 10.2. The van der Waals surface area contributed by atoms with Crippen LogP contribution in [0.1, 0.15) is 6.92 Å². The van der Waals surface area contributed by atoms with E-state index in [2.05, 4.69) is 10.3 Å². The first-order chi connectivity index (χ1) is 9.56. The number of carboxylic acid groups (broad SMARTS) is 1. The van der Waals surface area contributed by atoms with Gasteiger partial charge in [-0.3, -0.25) is 4.79 Å². The van der Waals surface area contributed by atoms with Crippen LogP contribution in [-0.2, 0) is 9.59 Å². The zero-order chi connectivity index (χ0) is 14.5. The molecule has 1 amide bonds. The molecule has 0 bridgehead atoms. The molecule has 1 aromatic heterocycles. The van der Waals surface area contributed by atoms with E-state index in [1.807, 2.05) is 36.4 Å². The van der Waals surface area contributed by atoms with Crippen molar-refractivity contribution in [1.82, 2.24) is 10.3 Å². The minimum absolute atomic E-state index is 0.236. The maximum absolute atomic E-state index is 11.0. The van der Waals surface area contributed by atoms with Crippen LogP contribution in [0.4, 0.5) is 0 Å². The van der Waals surface area contributed by atoms with Gasteiger partial charge in [-0.1, -0.05) is 24.3 Å². The molecule has 104 valence electrons. The van der Waals surface area contributed by atoms with Gasteiger partial charge in [-0.25, -0.2) is 9.78 Å². The molecule has 20 heavy (non-hydrogen) atoms. The Morgan fingerprint density at radius 1 is 1.30 bits per heavy atom. The predicted octanol–water partition coefficient (Wildman–Crippen LogP) is 1.92.